The maximum absolute atomic E-state index is 13.9. The summed E-state index contributed by atoms with van der Waals surface area (Å²) >= 11 is 0. The van der Waals surface area contributed by atoms with Gasteiger partial charge in [-0.05, 0) is 38.1 Å². The first kappa shape index (κ1) is 22.2. The first-order chi connectivity index (χ1) is 14.5. The summed E-state index contributed by atoms with van der Waals surface area (Å²) in [5.74, 6) is -0.896. The number of amides is 2. The fourth-order valence-corrected chi connectivity index (χ4v) is 4.07. The normalized spacial score (nSPS) is 21.0. The van der Waals surface area contributed by atoms with Gasteiger partial charge in [-0.2, -0.15) is 0 Å². The highest BCUT2D eigenvalue weighted by Gasteiger charge is 2.38. The third kappa shape index (κ3) is 4.82. The molecule has 3 rings (SSSR count). The van der Waals surface area contributed by atoms with Crippen molar-refractivity contribution in [2.45, 2.75) is 26.8 Å². The Morgan fingerprint density at radius 1 is 1.13 bits per heavy atom. The van der Waals surface area contributed by atoms with Gasteiger partial charge in [-0.3, -0.25) is 9.80 Å². The molecule has 0 aliphatic carbocycles. The van der Waals surface area contributed by atoms with Crippen molar-refractivity contribution in [1.82, 2.24) is 20.0 Å². The molecule has 2 aliphatic heterocycles. The van der Waals surface area contributed by atoms with E-state index in [2.05, 4.69) is 22.0 Å². The Morgan fingerprint density at radius 2 is 1.83 bits per heavy atom. The van der Waals surface area contributed by atoms with E-state index in [-0.39, 0.29) is 12.6 Å². The first-order valence-corrected chi connectivity index (χ1v) is 10.7. The van der Waals surface area contributed by atoms with Gasteiger partial charge in [-0.25, -0.2) is 14.0 Å². The quantitative estimate of drug-likeness (QED) is 0.689. The summed E-state index contributed by atoms with van der Waals surface area (Å²) in [7, 11) is 0. The smallest absolute Gasteiger partial charge is 0.338 e. The van der Waals surface area contributed by atoms with Crippen molar-refractivity contribution >= 4 is 12.0 Å². The van der Waals surface area contributed by atoms with Gasteiger partial charge in [0.25, 0.3) is 0 Å². The van der Waals surface area contributed by atoms with Crippen LogP contribution in [0.2, 0.25) is 0 Å². The number of carbonyl (C=O) groups is 2. The molecule has 0 aromatic heterocycles. The molecule has 2 aliphatic rings. The molecule has 2 heterocycles. The molecule has 2 amide bonds. The van der Waals surface area contributed by atoms with Gasteiger partial charge in [0.1, 0.15) is 5.82 Å². The van der Waals surface area contributed by atoms with Crippen LogP contribution < -0.4 is 5.32 Å². The van der Waals surface area contributed by atoms with Crippen molar-refractivity contribution in [3.63, 3.8) is 0 Å². The van der Waals surface area contributed by atoms with Crippen LogP contribution in [-0.2, 0) is 9.53 Å². The SMILES string of the molecule is CCOC(=O)C1=C(CN2CCN(CC)CC2)N(CC)C(=O)NC1c1cccc(F)c1. The molecular weight excluding hydrogens is 387 g/mol. The minimum absolute atomic E-state index is 0.223. The summed E-state index contributed by atoms with van der Waals surface area (Å²) in [6.07, 6.45) is 0. The Balaban J connectivity index is 2.01. The number of ether oxygens (including phenoxy) is 1. The number of likely N-dealkylation sites (N-methyl/N-ethyl adjacent to an activating group) is 2. The maximum Gasteiger partial charge on any atom is 0.338 e. The van der Waals surface area contributed by atoms with Gasteiger partial charge < -0.3 is 15.0 Å². The topological polar surface area (TPSA) is 65.1 Å². The lowest BCUT2D eigenvalue weighted by Gasteiger charge is -2.40. The van der Waals surface area contributed by atoms with Crippen LogP contribution in [-0.4, -0.2) is 79.1 Å². The number of carbonyl (C=O) groups excluding carboxylic acids is 2. The van der Waals surface area contributed by atoms with E-state index in [1.165, 1.54) is 12.1 Å². The molecule has 164 valence electrons. The lowest BCUT2D eigenvalue weighted by Crippen LogP contribution is -2.53. The summed E-state index contributed by atoms with van der Waals surface area (Å²) in [4.78, 5) is 32.1. The number of rotatable bonds is 7. The van der Waals surface area contributed by atoms with Gasteiger partial charge >= 0.3 is 12.0 Å². The third-order valence-corrected chi connectivity index (χ3v) is 5.72. The minimum Gasteiger partial charge on any atom is -0.463 e. The van der Waals surface area contributed by atoms with Gasteiger partial charge in [0.05, 0.1) is 18.2 Å². The molecule has 0 spiro atoms. The number of hydrogen-bond donors (Lipinski definition) is 1. The highest BCUT2D eigenvalue weighted by Crippen LogP contribution is 2.32. The molecule has 7 nitrogen and oxygen atoms in total. The second-order valence-electron chi connectivity index (χ2n) is 7.47. The average molecular weight is 419 g/mol. The molecule has 0 radical (unpaired) electrons. The summed E-state index contributed by atoms with van der Waals surface area (Å²) in [5.41, 5.74) is 1.54. The van der Waals surface area contributed by atoms with E-state index >= 15 is 0 Å². The highest BCUT2D eigenvalue weighted by atomic mass is 19.1. The Kier molecular flexibility index (Phi) is 7.44. The first-order valence-electron chi connectivity index (χ1n) is 10.7. The van der Waals surface area contributed by atoms with E-state index in [0.29, 0.717) is 29.9 Å². The van der Waals surface area contributed by atoms with Gasteiger partial charge in [-0.1, -0.05) is 19.1 Å². The Bertz CT molecular complexity index is 805. The summed E-state index contributed by atoms with van der Waals surface area (Å²) in [6, 6.07) is 4.95. The molecule has 1 aromatic rings. The van der Waals surface area contributed by atoms with Crippen molar-refractivity contribution in [1.29, 1.82) is 0 Å². The van der Waals surface area contributed by atoms with Gasteiger partial charge in [0.15, 0.2) is 0 Å². The molecule has 0 bridgehead atoms. The van der Waals surface area contributed by atoms with Gasteiger partial charge in [-0.15, -0.1) is 0 Å². The van der Waals surface area contributed by atoms with E-state index in [9.17, 15) is 14.0 Å². The zero-order valence-electron chi connectivity index (χ0n) is 18.0. The number of esters is 1. The Labute approximate surface area is 177 Å². The molecule has 30 heavy (non-hydrogen) atoms. The lowest BCUT2D eigenvalue weighted by atomic mass is 9.94. The van der Waals surface area contributed by atoms with Crippen molar-refractivity contribution in [3.8, 4) is 0 Å². The fraction of sp³-hybridized carbons (Fsp3) is 0.545. The van der Waals surface area contributed by atoms with Gasteiger partial charge in [0, 0.05) is 45.0 Å². The number of piperazine rings is 1. The summed E-state index contributed by atoms with van der Waals surface area (Å²) in [6.45, 7) is 11.5. The fourth-order valence-electron chi connectivity index (χ4n) is 4.07. The second-order valence-corrected chi connectivity index (χ2v) is 7.47. The van der Waals surface area contributed by atoms with Crippen molar-refractivity contribution in [2.24, 2.45) is 0 Å². The van der Waals surface area contributed by atoms with E-state index < -0.39 is 17.8 Å². The Hall–Kier alpha value is -2.45. The molecular formula is C22H31FN4O3. The largest absolute Gasteiger partial charge is 0.463 e. The third-order valence-electron chi connectivity index (χ3n) is 5.72. The van der Waals surface area contributed by atoms with Crippen LogP contribution in [0.15, 0.2) is 35.5 Å². The van der Waals surface area contributed by atoms with E-state index in [0.717, 1.165) is 32.7 Å². The highest BCUT2D eigenvalue weighted by molar-refractivity contribution is 5.95. The number of urea groups is 1. The number of nitrogens with one attached hydrogen (secondary N) is 1. The molecule has 8 heteroatoms. The van der Waals surface area contributed by atoms with Crippen LogP contribution in [0.5, 0.6) is 0 Å². The average Bonchev–Trinajstić information content (AvgIpc) is 2.74. The van der Waals surface area contributed by atoms with Gasteiger partial charge in [0.2, 0.25) is 0 Å². The van der Waals surface area contributed by atoms with Crippen LogP contribution in [0.25, 0.3) is 0 Å². The van der Waals surface area contributed by atoms with Crippen molar-refractivity contribution < 1.29 is 18.7 Å². The summed E-state index contributed by atoms with van der Waals surface area (Å²) in [5, 5.41) is 2.87. The lowest BCUT2D eigenvalue weighted by molar-refractivity contribution is -0.139. The molecule has 0 saturated carbocycles. The second kappa shape index (κ2) is 10.0. The monoisotopic (exact) mass is 418 g/mol. The predicted octanol–water partition coefficient (Wildman–Crippen LogP) is 2.37. The number of nitrogens with zero attached hydrogens (tertiary/aromatic N) is 3. The minimum atomic E-state index is -0.748. The molecule has 1 aromatic carbocycles. The van der Waals surface area contributed by atoms with Crippen molar-refractivity contribution in [2.75, 3.05) is 52.4 Å². The molecule has 1 saturated heterocycles. The van der Waals surface area contributed by atoms with E-state index in [4.69, 9.17) is 4.74 Å². The zero-order valence-corrected chi connectivity index (χ0v) is 18.0. The van der Waals surface area contributed by atoms with E-state index in [1.807, 2.05) is 6.92 Å². The molecule has 1 fully saturated rings. The zero-order chi connectivity index (χ0) is 21.7. The Morgan fingerprint density at radius 3 is 2.43 bits per heavy atom. The van der Waals surface area contributed by atoms with Crippen LogP contribution in [0.3, 0.4) is 0 Å². The maximum atomic E-state index is 13.9. The van der Waals surface area contributed by atoms with Crippen LogP contribution in [0.4, 0.5) is 9.18 Å². The standard InChI is InChI=1S/C22H31FN4O3/c1-4-25-10-12-26(13-11-25)15-18-19(21(28)30-6-3)20(24-22(29)27(18)5-2)16-8-7-9-17(23)14-16/h7-9,14,20H,4-6,10-13,15H2,1-3H3,(H,24,29). The molecule has 1 N–H and O–H groups in total. The number of benzene rings is 1. The number of hydrogen-bond acceptors (Lipinski definition) is 5. The molecule has 1 atom stereocenters. The molecule has 1 unspecified atom stereocenters. The summed E-state index contributed by atoms with van der Waals surface area (Å²) < 4.78 is 19.3. The van der Waals surface area contributed by atoms with Crippen LogP contribution in [0, 0.1) is 5.82 Å². The van der Waals surface area contributed by atoms with Crippen molar-refractivity contribution in [3.05, 3.63) is 46.9 Å². The van der Waals surface area contributed by atoms with E-state index in [1.54, 1.807) is 24.0 Å². The van der Waals surface area contributed by atoms with Crippen LogP contribution in [0.1, 0.15) is 32.4 Å². The predicted molar refractivity (Wildman–Crippen MR) is 112 cm³/mol. The number of halogens is 1. The van der Waals surface area contributed by atoms with Crippen LogP contribution >= 0.6 is 0 Å².